The van der Waals surface area contributed by atoms with Crippen LogP contribution in [0.25, 0.3) is 11.1 Å². The molecule has 0 aliphatic rings. The second-order valence-electron chi connectivity index (χ2n) is 8.99. The molecule has 2 heterocycles. The Morgan fingerprint density at radius 3 is 1.21 bits per heavy atom. The molecule has 4 rings (SSSR count). The van der Waals surface area contributed by atoms with Crippen LogP contribution in [0.4, 0.5) is 0 Å². The highest BCUT2D eigenvalue weighted by Crippen LogP contribution is 2.29. The fourth-order valence-corrected chi connectivity index (χ4v) is 5.56. The predicted octanol–water partition coefficient (Wildman–Crippen LogP) is 2.55. The van der Waals surface area contributed by atoms with Gasteiger partial charge in [0.1, 0.15) is 21.3 Å². The summed E-state index contributed by atoms with van der Waals surface area (Å²) in [6.07, 6.45) is 7.28. The minimum absolute atomic E-state index is 0.316. The van der Waals surface area contributed by atoms with E-state index in [1.54, 1.807) is 26.0 Å². The molecule has 0 atom stereocenters. The monoisotopic (exact) mass is 558 g/mol. The number of aryl methyl sites for hydroxylation is 2. The van der Waals surface area contributed by atoms with Crippen LogP contribution in [-0.2, 0) is 33.3 Å². The molecule has 0 radical (unpaired) electrons. The van der Waals surface area contributed by atoms with Crippen molar-refractivity contribution in [3.05, 3.63) is 95.6 Å². The lowest BCUT2D eigenvalue weighted by molar-refractivity contribution is -0.688. The molecule has 0 aliphatic carbocycles. The first kappa shape index (κ1) is 27.2. The van der Waals surface area contributed by atoms with Gasteiger partial charge >= 0.3 is 0 Å². The zero-order chi connectivity index (χ0) is 27.8. The Morgan fingerprint density at radius 2 is 0.921 bits per heavy atom. The van der Waals surface area contributed by atoms with Crippen molar-refractivity contribution in [3.63, 3.8) is 0 Å². The first-order valence-electron chi connectivity index (χ1n) is 11.3. The molecule has 12 heteroatoms. The molecule has 0 saturated carbocycles. The molecule has 2 aromatic heterocycles. The third-order valence-electron chi connectivity index (χ3n) is 6.05. The molecule has 0 spiro atoms. The fraction of sp³-hybridized carbons (Fsp3) is 0.154. The van der Waals surface area contributed by atoms with Crippen LogP contribution in [-0.4, -0.2) is 36.2 Å². The minimum atomic E-state index is -4.56. The highest BCUT2D eigenvalue weighted by Gasteiger charge is 2.21. The van der Waals surface area contributed by atoms with Crippen LogP contribution in [0.5, 0.6) is 11.5 Å². The molecule has 0 saturated heterocycles. The van der Waals surface area contributed by atoms with E-state index >= 15 is 0 Å². The Bertz CT molecular complexity index is 1600. The van der Waals surface area contributed by atoms with Gasteiger partial charge in [-0.15, -0.1) is 0 Å². The summed E-state index contributed by atoms with van der Waals surface area (Å²) in [7, 11) is -9.12. The van der Waals surface area contributed by atoms with Crippen LogP contribution >= 0.6 is 0 Å². The van der Waals surface area contributed by atoms with Gasteiger partial charge in [0.2, 0.25) is 0 Å². The fourth-order valence-electron chi connectivity index (χ4n) is 4.15. The summed E-state index contributed by atoms with van der Waals surface area (Å²) in [5, 5.41) is 19.9. The van der Waals surface area contributed by atoms with Crippen molar-refractivity contribution in [1.29, 1.82) is 0 Å². The van der Waals surface area contributed by atoms with E-state index in [2.05, 4.69) is 0 Å². The maximum Gasteiger partial charge on any atom is 0.298 e. The van der Waals surface area contributed by atoms with Gasteiger partial charge in [0.15, 0.2) is 37.9 Å². The summed E-state index contributed by atoms with van der Waals surface area (Å²) in [6.45, 7) is 3.74. The van der Waals surface area contributed by atoms with Gasteiger partial charge in [-0.05, 0) is 60.4 Å². The van der Waals surface area contributed by atoms with E-state index in [0.717, 1.165) is 11.1 Å². The highest BCUT2D eigenvalue weighted by atomic mass is 32.2. The van der Waals surface area contributed by atoms with Crippen LogP contribution in [0.2, 0.25) is 0 Å². The third-order valence-corrected chi connectivity index (χ3v) is 7.79. The van der Waals surface area contributed by atoms with Gasteiger partial charge in [-0.1, -0.05) is 0 Å². The van der Waals surface area contributed by atoms with E-state index in [0.29, 0.717) is 35.3 Å². The second-order valence-corrected chi connectivity index (χ2v) is 11.8. The Morgan fingerprint density at radius 1 is 0.605 bits per heavy atom. The lowest BCUT2D eigenvalue weighted by atomic mass is 10.1. The van der Waals surface area contributed by atoms with Crippen molar-refractivity contribution in [2.75, 3.05) is 0 Å². The van der Waals surface area contributed by atoms with Gasteiger partial charge in [0.05, 0.1) is 0 Å². The first-order chi connectivity index (χ1) is 17.7. The van der Waals surface area contributed by atoms with Crippen molar-refractivity contribution in [1.82, 2.24) is 0 Å². The average molecular weight is 559 g/mol. The molecule has 0 unspecified atom stereocenters. The number of phenolic OH excluding ortho intramolecular Hbond substituents is 2. The molecule has 4 aromatic rings. The van der Waals surface area contributed by atoms with E-state index in [1.807, 2.05) is 58.2 Å². The molecule has 10 nitrogen and oxygen atoms in total. The number of phenols is 2. The number of rotatable bonds is 7. The predicted molar refractivity (Wildman–Crippen MR) is 136 cm³/mol. The molecule has 4 N–H and O–H groups in total. The maximum absolute atomic E-state index is 11.6. The molecule has 2 aromatic carbocycles. The molecule has 198 valence electrons. The molecule has 0 fully saturated rings. The van der Waals surface area contributed by atoms with E-state index in [4.69, 9.17) is 0 Å². The number of aromatic hydroxyl groups is 2. The largest absolute Gasteiger partial charge is 0.506 e. The van der Waals surface area contributed by atoms with Crippen molar-refractivity contribution in [3.8, 4) is 22.6 Å². The second kappa shape index (κ2) is 10.1. The first-order valence-corrected chi connectivity index (χ1v) is 14.2. The van der Waals surface area contributed by atoms with Gasteiger partial charge in [-0.2, -0.15) is 16.8 Å². The zero-order valence-electron chi connectivity index (χ0n) is 20.5. The number of pyridine rings is 2. The maximum atomic E-state index is 11.6. The van der Waals surface area contributed by atoms with E-state index < -0.39 is 41.5 Å². The average Bonchev–Trinajstić information content (AvgIpc) is 2.83. The topological polar surface area (TPSA) is 157 Å². The normalized spacial score (nSPS) is 12.0. The Labute approximate surface area is 220 Å². The third kappa shape index (κ3) is 6.00. The number of benzene rings is 2. The molecule has 0 amide bonds. The molecular formula is C26H26N2O8S2+2. The molecule has 0 aliphatic heterocycles. The van der Waals surface area contributed by atoms with Gasteiger partial charge < -0.3 is 10.2 Å². The number of nitrogens with zero attached hydrogens (tertiary/aromatic N) is 2. The van der Waals surface area contributed by atoms with Crippen molar-refractivity contribution in [2.45, 2.75) is 36.7 Å². The number of aromatic nitrogens is 2. The van der Waals surface area contributed by atoms with E-state index in [-0.39, 0.29) is 0 Å². The smallest absolute Gasteiger partial charge is 0.298 e. The van der Waals surface area contributed by atoms with E-state index in [1.165, 1.54) is 12.1 Å². The Hall–Kier alpha value is -3.84. The van der Waals surface area contributed by atoms with Crippen molar-refractivity contribution in [2.24, 2.45) is 0 Å². The minimum Gasteiger partial charge on any atom is -0.506 e. The van der Waals surface area contributed by atoms with Crippen LogP contribution in [0, 0.1) is 13.8 Å². The SMILES string of the molecule is Cc1cc(C[n+]2ccc(-c3cc[n+](Cc4cc(C)c(O)c(S(=O)(=O)O)c4)cc3)cc2)cc(S(=O)(=O)O)c1O. The number of hydrogen-bond acceptors (Lipinski definition) is 6. The Balaban J connectivity index is 1.51. The molecule has 38 heavy (non-hydrogen) atoms. The zero-order valence-corrected chi connectivity index (χ0v) is 22.1. The van der Waals surface area contributed by atoms with Gasteiger partial charge in [0, 0.05) is 35.4 Å². The van der Waals surface area contributed by atoms with E-state index in [9.17, 15) is 36.2 Å². The van der Waals surface area contributed by atoms with Crippen molar-refractivity contribution < 1.29 is 45.3 Å². The van der Waals surface area contributed by atoms with Gasteiger partial charge in [-0.3, -0.25) is 9.11 Å². The summed E-state index contributed by atoms with van der Waals surface area (Å²) < 4.78 is 68.7. The highest BCUT2D eigenvalue weighted by molar-refractivity contribution is 7.86. The Kier molecular flexibility index (Phi) is 7.26. The lowest BCUT2D eigenvalue weighted by Crippen LogP contribution is -2.33. The summed E-state index contributed by atoms with van der Waals surface area (Å²) in [4.78, 5) is -1.06. The van der Waals surface area contributed by atoms with Crippen LogP contribution < -0.4 is 9.13 Å². The van der Waals surface area contributed by atoms with Crippen LogP contribution in [0.1, 0.15) is 22.3 Å². The van der Waals surface area contributed by atoms with Crippen LogP contribution in [0.3, 0.4) is 0 Å². The van der Waals surface area contributed by atoms with Gasteiger partial charge in [-0.25, -0.2) is 9.13 Å². The molecule has 0 bridgehead atoms. The number of hydrogen-bond donors (Lipinski definition) is 4. The summed E-state index contributed by atoms with van der Waals surface area (Å²) >= 11 is 0. The quantitative estimate of drug-likeness (QED) is 0.199. The summed E-state index contributed by atoms with van der Waals surface area (Å²) in [5.74, 6) is -0.949. The standard InChI is InChI=1S/C26H24N2O8S2/c1-17-11-19(13-23(25(17)29)37(31,32)33)15-27-7-3-21(4-8-27)22-5-9-28(10-6-22)16-20-12-18(2)26(30)24(14-20)38(34,35)36/h3-14H,15-16H2,1-2H3,(H2-2,29,30,31,32,33,34,35,36)/p+2. The lowest BCUT2D eigenvalue weighted by Gasteiger charge is -2.08. The van der Waals surface area contributed by atoms with Crippen LogP contribution in [0.15, 0.2) is 83.1 Å². The molecular weight excluding hydrogens is 532 g/mol. The summed E-state index contributed by atoms with van der Waals surface area (Å²) in [6, 6.07) is 13.3. The summed E-state index contributed by atoms with van der Waals surface area (Å²) in [5.41, 5.74) is 3.69. The van der Waals surface area contributed by atoms with Crippen molar-refractivity contribution >= 4 is 20.2 Å². The van der Waals surface area contributed by atoms with Gasteiger partial charge in [0.25, 0.3) is 20.2 Å².